The number of rotatable bonds is 3. The molecule has 0 aliphatic carbocycles. The van der Waals surface area contributed by atoms with Gasteiger partial charge in [0.2, 0.25) is 0 Å². The van der Waals surface area contributed by atoms with Crippen molar-refractivity contribution >= 4 is 34.0 Å². The zero-order valence-electron chi connectivity index (χ0n) is 15.7. The van der Waals surface area contributed by atoms with E-state index < -0.39 is 6.10 Å². The fraction of sp³-hybridized carbons (Fsp3) is 0.190. The van der Waals surface area contributed by atoms with Gasteiger partial charge in [0, 0.05) is 16.0 Å². The molecule has 1 atom stereocenters. The summed E-state index contributed by atoms with van der Waals surface area (Å²) in [7, 11) is 0. The SMILES string of the molecule is Cc1ccc(C(=O)Nc2nc(-c3ccc4c(c3)NC(=O)[C@@H](C)O4)c(C)s2)cc1. The van der Waals surface area contributed by atoms with Crippen LogP contribution < -0.4 is 15.4 Å². The summed E-state index contributed by atoms with van der Waals surface area (Å²) in [6.07, 6.45) is -0.511. The van der Waals surface area contributed by atoms with Gasteiger partial charge in [0.1, 0.15) is 5.75 Å². The first-order valence-electron chi connectivity index (χ1n) is 8.88. The maximum Gasteiger partial charge on any atom is 0.265 e. The number of nitrogens with zero attached hydrogens (tertiary/aromatic N) is 1. The molecule has 1 aliphatic heterocycles. The molecule has 0 fully saturated rings. The molecule has 0 bridgehead atoms. The molecule has 0 saturated carbocycles. The number of fused-ring (bicyclic) bond motifs is 1. The maximum absolute atomic E-state index is 12.4. The van der Waals surface area contributed by atoms with Crippen LogP contribution in [0.4, 0.5) is 10.8 Å². The van der Waals surface area contributed by atoms with Gasteiger partial charge in [-0.1, -0.05) is 17.7 Å². The number of ether oxygens (including phenoxy) is 1. The molecule has 7 heteroatoms. The summed E-state index contributed by atoms with van der Waals surface area (Å²) in [4.78, 5) is 29.8. The highest BCUT2D eigenvalue weighted by molar-refractivity contribution is 7.16. The molecule has 2 amide bonds. The monoisotopic (exact) mass is 393 g/mol. The number of aryl methyl sites for hydroxylation is 2. The molecular formula is C21H19N3O3S. The number of amides is 2. The predicted octanol–water partition coefficient (Wildman–Crippen LogP) is 4.40. The topological polar surface area (TPSA) is 80.3 Å². The second-order valence-corrected chi connectivity index (χ2v) is 7.91. The average Bonchev–Trinajstić information content (AvgIpc) is 3.03. The van der Waals surface area contributed by atoms with E-state index in [1.54, 1.807) is 19.1 Å². The normalized spacial score (nSPS) is 15.4. The Morgan fingerprint density at radius 2 is 1.93 bits per heavy atom. The summed E-state index contributed by atoms with van der Waals surface area (Å²) < 4.78 is 5.59. The zero-order chi connectivity index (χ0) is 19.8. The van der Waals surface area contributed by atoms with Gasteiger partial charge < -0.3 is 10.1 Å². The largest absolute Gasteiger partial charge is 0.479 e. The Bertz CT molecular complexity index is 1070. The van der Waals surface area contributed by atoms with E-state index in [9.17, 15) is 9.59 Å². The molecule has 6 nitrogen and oxygen atoms in total. The Hall–Kier alpha value is -3.19. The Kier molecular flexibility index (Phi) is 4.60. The van der Waals surface area contributed by atoms with Crippen molar-refractivity contribution in [2.24, 2.45) is 0 Å². The number of aromatic nitrogens is 1. The van der Waals surface area contributed by atoms with E-state index in [1.807, 2.05) is 44.2 Å². The van der Waals surface area contributed by atoms with Gasteiger partial charge in [0.25, 0.3) is 11.8 Å². The third-order valence-electron chi connectivity index (χ3n) is 4.51. The van der Waals surface area contributed by atoms with Crippen molar-refractivity contribution < 1.29 is 14.3 Å². The second kappa shape index (κ2) is 7.09. The van der Waals surface area contributed by atoms with E-state index in [4.69, 9.17) is 4.74 Å². The molecular weight excluding hydrogens is 374 g/mol. The lowest BCUT2D eigenvalue weighted by Gasteiger charge is -2.23. The zero-order valence-corrected chi connectivity index (χ0v) is 16.5. The van der Waals surface area contributed by atoms with Crippen LogP contribution in [0.15, 0.2) is 42.5 Å². The van der Waals surface area contributed by atoms with Crippen LogP contribution in [0.1, 0.15) is 27.7 Å². The summed E-state index contributed by atoms with van der Waals surface area (Å²) in [5.74, 6) is 0.266. The molecule has 0 spiro atoms. The Morgan fingerprint density at radius 1 is 1.18 bits per heavy atom. The van der Waals surface area contributed by atoms with Crippen molar-refractivity contribution in [3.05, 3.63) is 58.5 Å². The molecule has 3 aromatic rings. The molecule has 28 heavy (non-hydrogen) atoms. The predicted molar refractivity (Wildman–Crippen MR) is 110 cm³/mol. The summed E-state index contributed by atoms with van der Waals surface area (Å²) >= 11 is 1.41. The van der Waals surface area contributed by atoms with Crippen LogP contribution in [0.5, 0.6) is 5.75 Å². The molecule has 0 saturated heterocycles. The third-order valence-corrected chi connectivity index (χ3v) is 5.40. The van der Waals surface area contributed by atoms with Gasteiger partial charge >= 0.3 is 0 Å². The summed E-state index contributed by atoms with van der Waals surface area (Å²) in [6, 6.07) is 12.9. The Labute approximate surface area is 166 Å². The highest BCUT2D eigenvalue weighted by Gasteiger charge is 2.24. The summed E-state index contributed by atoms with van der Waals surface area (Å²) in [5.41, 5.74) is 3.92. The molecule has 0 radical (unpaired) electrons. The smallest absolute Gasteiger partial charge is 0.265 e. The fourth-order valence-electron chi connectivity index (χ4n) is 2.95. The van der Waals surface area contributed by atoms with Gasteiger partial charge in [-0.3, -0.25) is 14.9 Å². The van der Waals surface area contributed by atoms with Gasteiger partial charge in [-0.15, -0.1) is 11.3 Å². The lowest BCUT2D eigenvalue weighted by atomic mass is 10.1. The number of thiazole rings is 1. The van der Waals surface area contributed by atoms with Crippen molar-refractivity contribution in [3.63, 3.8) is 0 Å². The van der Waals surface area contributed by atoms with Crippen molar-refractivity contribution in [2.45, 2.75) is 26.9 Å². The molecule has 4 rings (SSSR count). The molecule has 1 aromatic heterocycles. The van der Waals surface area contributed by atoms with Crippen molar-refractivity contribution in [1.82, 2.24) is 4.98 Å². The number of anilines is 2. The second-order valence-electron chi connectivity index (χ2n) is 6.70. The lowest BCUT2D eigenvalue weighted by molar-refractivity contribution is -0.122. The maximum atomic E-state index is 12.4. The molecule has 142 valence electrons. The summed E-state index contributed by atoms with van der Waals surface area (Å²) in [5, 5.41) is 6.24. The first kappa shape index (κ1) is 18.2. The molecule has 2 heterocycles. The van der Waals surface area contributed by atoms with Crippen molar-refractivity contribution in [3.8, 4) is 17.0 Å². The number of hydrogen-bond acceptors (Lipinski definition) is 5. The van der Waals surface area contributed by atoms with E-state index in [-0.39, 0.29) is 11.8 Å². The quantitative estimate of drug-likeness (QED) is 0.691. The molecule has 1 aliphatic rings. The highest BCUT2D eigenvalue weighted by atomic mass is 32.1. The first-order valence-corrected chi connectivity index (χ1v) is 9.70. The van der Waals surface area contributed by atoms with Gasteiger partial charge in [0.05, 0.1) is 11.4 Å². The van der Waals surface area contributed by atoms with E-state index in [1.165, 1.54) is 11.3 Å². The van der Waals surface area contributed by atoms with Crippen LogP contribution in [0.2, 0.25) is 0 Å². The number of benzene rings is 2. The van der Waals surface area contributed by atoms with E-state index in [0.29, 0.717) is 22.1 Å². The minimum absolute atomic E-state index is 0.175. The van der Waals surface area contributed by atoms with E-state index >= 15 is 0 Å². The number of hydrogen-bond donors (Lipinski definition) is 2. The number of carbonyl (C=O) groups is 2. The van der Waals surface area contributed by atoms with Crippen LogP contribution >= 0.6 is 11.3 Å². The van der Waals surface area contributed by atoms with Gasteiger partial charge in [0.15, 0.2) is 11.2 Å². The van der Waals surface area contributed by atoms with Gasteiger partial charge in [-0.2, -0.15) is 0 Å². The van der Waals surface area contributed by atoms with Gasteiger partial charge in [-0.25, -0.2) is 4.98 Å². The number of nitrogens with one attached hydrogen (secondary N) is 2. The van der Waals surface area contributed by atoms with Crippen molar-refractivity contribution in [2.75, 3.05) is 10.6 Å². The van der Waals surface area contributed by atoms with E-state index in [2.05, 4.69) is 15.6 Å². The van der Waals surface area contributed by atoms with Gasteiger partial charge in [-0.05, 0) is 51.1 Å². The molecule has 2 aromatic carbocycles. The van der Waals surface area contributed by atoms with Crippen molar-refractivity contribution in [1.29, 1.82) is 0 Å². The third kappa shape index (κ3) is 3.48. The average molecular weight is 393 g/mol. The van der Waals surface area contributed by atoms with E-state index in [0.717, 1.165) is 21.7 Å². The van der Waals surface area contributed by atoms with Crippen LogP contribution in [-0.4, -0.2) is 22.9 Å². The fourth-order valence-corrected chi connectivity index (χ4v) is 3.78. The minimum Gasteiger partial charge on any atom is -0.479 e. The number of carbonyl (C=O) groups excluding carboxylic acids is 2. The van der Waals surface area contributed by atoms with Crippen LogP contribution in [0, 0.1) is 13.8 Å². The lowest BCUT2D eigenvalue weighted by Crippen LogP contribution is -2.34. The summed E-state index contributed by atoms with van der Waals surface area (Å²) in [6.45, 7) is 5.63. The highest BCUT2D eigenvalue weighted by Crippen LogP contribution is 2.37. The standard InChI is InChI=1S/C21H19N3O3S/c1-11-4-6-14(7-5-11)20(26)24-21-23-18(13(3)28-21)15-8-9-17-16(10-15)22-19(25)12(2)27-17/h4-10,12H,1-3H3,(H,22,25)(H,23,24,26)/t12-/m1/s1. The minimum atomic E-state index is -0.511. The first-order chi connectivity index (χ1) is 13.4. The van der Waals surface area contributed by atoms with Crippen LogP contribution in [0.25, 0.3) is 11.3 Å². The molecule has 0 unspecified atom stereocenters. The Balaban J connectivity index is 1.58. The van der Waals surface area contributed by atoms with Crippen LogP contribution in [0.3, 0.4) is 0 Å². The van der Waals surface area contributed by atoms with Crippen LogP contribution in [-0.2, 0) is 4.79 Å². The molecule has 2 N–H and O–H groups in total. The Morgan fingerprint density at radius 3 is 2.68 bits per heavy atom.